The van der Waals surface area contributed by atoms with Crippen molar-refractivity contribution in [3.05, 3.63) is 71.8 Å². The van der Waals surface area contributed by atoms with Crippen molar-refractivity contribution in [1.29, 1.82) is 0 Å². The van der Waals surface area contributed by atoms with E-state index < -0.39 is 0 Å². The third-order valence-corrected chi connectivity index (χ3v) is 6.67. The van der Waals surface area contributed by atoms with Crippen molar-refractivity contribution in [2.24, 2.45) is 11.8 Å². The minimum Gasteiger partial charge on any atom is -0.393 e. The van der Waals surface area contributed by atoms with Crippen LogP contribution < -0.4 is 0 Å². The monoisotopic (exact) mass is 365 g/mol. The molecule has 0 bridgehead atoms. The largest absolute Gasteiger partial charge is 0.393 e. The molecule has 4 atom stereocenters. The van der Waals surface area contributed by atoms with E-state index in [1.54, 1.807) is 0 Å². The van der Waals surface area contributed by atoms with Crippen molar-refractivity contribution in [1.82, 2.24) is 4.90 Å². The van der Waals surface area contributed by atoms with Crippen LogP contribution in [-0.2, 0) is 6.54 Å². The topological polar surface area (TPSA) is 23.5 Å². The molecule has 0 unspecified atom stereocenters. The highest BCUT2D eigenvalue weighted by Crippen LogP contribution is 2.42. The van der Waals surface area contributed by atoms with Crippen LogP contribution in [-0.4, -0.2) is 21.6 Å². The predicted molar refractivity (Wildman–Crippen MR) is 113 cm³/mol. The Kier molecular flexibility index (Phi) is 6.39. The van der Waals surface area contributed by atoms with Crippen molar-refractivity contribution in [2.45, 2.75) is 71.2 Å². The molecular formula is C25H35NO. The summed E-state index contributed by atoms with van der Waals surface area (Å²) < 4.78 is 0. The molecule has 0 saturated heterocycles. The highest BCUT2D eigenvalue weighted by Gasteiger charge is 2.43. The van der Waals surface area contributed by atoms with Gasteiger partial charge >= 0.3 is 0 Å². The first-order chi connectivity index (χ1) is 12.9. The summed E-state index contributed by atoms with van der Waals surface area (Å²) in [5.41, 5.74) is 2.57. The summed E-state index contributed by atoms with van der Waals surface area (Å²) >= 11 is 0. The Hall–Kier alpha value is -1.64. The maximum atomic E-state index is 10.9. The van der Waals surface area contributed by atoms with Gasteiger partial charge in [0, 0.05) is 24.0 Å². The first-order valence-corrected chi connectivity index (χ1v) is 10.4. The van der Waals surface area contributed by atoms with E-state index in [9.17, 15) is 5.11 Å². The third-order valence-electron chi connectivity index (χ3n) is 6.67. The van der Waals surface area contributed by atoms with Crippen molar-refractivity contribution in [2.75, 3.05) is 0 Å². The molecule has 1 N–H and O–H groups in total. The standard InChI is InChI=1S/C25H35NO/c1-19-15-16-23(24(27)17-19)25(3,4)26(18-21-11-7-5-8-12-21)20(2)22-13-9-6-10-14-22/h5-14,19-20,23-24,27H,15-18H2,1-4H3/t19-,20+,23-,24-/m1/s1. The lowest BCUT2D eigenvalue weighted by molar-refractivity contribution is -0.0624. The minimum absolute atomic E-state index is 0.0926. The van der Waals surface area contributed by atoms with E-state index in [1.807, 2.05) is 0 Å². The van der Waals surface area contributed by atoms with E-state index in [-0.39, 0.29) is 17.7 Å². The summed E-state index contributed by atoms with van der Waals surface area (Å²) in [6, 6.07) is 21.8. The average molecular weight is 366 g/mol. The maximum absolute atomic E-state index is 10.9. The summed E-state index contributed by atoms with van der Waals surface area (Å²) in [4.78, 5) is 2.60. The molecule has 1 aliphatic rings. The zero-order valence-corrected chi connectivity index (χ0v) is 17.3. The second-order valence-corrected chi connectivity index (χ2v) is 8.95. The number of nitrogens with zero attached hydrogens (tertiary/aromatic N) is 1. The summed E-state index contributed by atoms with van der Waals surface area (Å²) in [5, 5.41) is 10.9. The Morgan fingerprint density at radius 1 is 1.00 bits per heavy atom. The number of benzene rings is 2. The fourth-order valence-electron chi connectivity index (χ4n) is 4.92. The first kappa shape index (κ1) is 20.1. The molecule has 1 fully saturated rings. The van der Waals surface area contributed by atoms with E-state index in [4.69, 9.17) is 0 Å². The van der Waals surface area contributed by atoms with Gasteiger partial charge in [0.05, 0.1) is 6.10 Å². The van der Waals surface area contributed by atoms with Crippen LogP contribution in [0.2, 0.25) is 0 Å². The Morgan fingerprint density at radius 2 is 1.59 bits per heavy atom. The van der Waals surface area contributed by atoms with Crippen LogP contribution in [0.1, 0.15) is 64.1 Å². The van der Waals surface area contributed by atoms with Crippen LogP contribution in [0, 0.1) is 11.8 Å². The van der Waals surface area contributed by atoms with Crippen LogP contribution >= 0.6 is 0 Å². The number of aliphatic hydroxyl groups excluding tert-OH is 1. The van der Waals surface area contributed by atoms with Gasteiger partial charge in [-0.05, 0) is 50.7 Å². The molecule has 2 heteroatoms. The predicted octanol–water partition coefficient (Wildman–Crippen LogP) is 5.83. The molecule has 2 nitrogen and oxygen atoms in total. The van der Waals surface area contributed by atoms with Crippen LogP contribution in [0.25, 0.3) is 0 Å². The van der Waals surface area contributed by atoms with Gasteiger partial charge in [0.25, 0.3) is 0 Å². The van der Waals surface area contributed by atoms with Gasteiger partial charge in [0.15, 0.2) is 0 Å². The van der Waals surface area contributed by atoms with Crippen LogP contribution in [0.4, 0.5) is 0 Å². The molecule has 0 aromatic heterocycles. The lowest BCUT2D eigenvalue weighted by atomic mass is 9.70. The highest BCUT2D eigenvalue weighted by molar-refractivity contribution is 5.21. The normalized spacial score (nSPS) is 24.7. The van der Waals surface area contributed by atoms with Gasteiger partial charge in [-0.2, -0.15) is 0 Å². The molecule has 0 spiro atoms. The number of aliphatic hydroxyl groups is 1. The molecule has 3 rings (SSSR count). The van der Waals surface area contributed by atoms with Gasteiger partial charge in [-0.1, -0.05) is 74.0 Å². The highest BCUT2D eigenvalue weighted by atomic mass is 16.3. The Morgan fingerprint density at radius 3 is 2.19 bits per heavy atom. The van der Waals surface area contributed by atoms with E-state index in [0.717, 1.165) is 19.4 Å². The second-order valence-electron chi connectivity index (χ2n) is 8.95. The van der Waals surface area contributed by atoms with Gasteiger partial charge in [-0.3, -0.25) is 4.90 Å². The maximum Gasteiger partial charge on any atom is 0.0588 e. The van der Waals surface area contributed by atoms with Gasteiger partial charge in [0.2, 0.25) is 0 Å². The molecule has 1 saturated carbocycles. The van der Waals surface area contributed by atoms with Crippen LogP contribution in [0.15, 0.2) is 60.7 Å². The lowest BCUT2D eigenvalue weighted by Gasteiger charge is -2.51. The lowest BCUT2D eigenvalue weighted by Crippen LogP contribution is -2.54. The Labute approximate surface area is 165 Å². The average Bonchev–Trinajstić information content (AvgIpc) is 2.66. The van der Waals surface area contributed by atoms with E-state index in [1.165, 1.54) is 17.5 Å². The van der Waals surface area contributed by atoms with E-state index >= 15 is 0 Å². The molecule has 146 valence electrons. The Bertz CT molecular complexity index is 697. The molecule has 27 heavy (non-hydrogen) atoms. The van der Waals surface area contributed by atoms with Crippen molar-refractivity contribution in [3.63, 3.8) is 0 Å². The molecule has 0 aliphatic heterocycles. The zero-order chi connectivity index (χ0) is 19.4. The van der Waals surface area contributed by atoms with Gasteiger partial charge in [0.1, 0.15) is 0 Å². The fraction of sp³-hybridized carbons (Fsp3) is 0.520. The number of rotatable bonds is 6. The van der Waals surface area contributed by atoms with Gasteiger partial charge < -0.3 is 5.11 Å². The third kappa shape index (κ3) is 4.62. The smallest absolute Gasteiger partial charge is 0.0588 e. The second kappa shape index (κ2) is 8.58. The van der Waals surface area contributed by atoms with Crippen LogP contribution in [0.5, 0.6) is 0 Å². The van der Waals surface area contributed by atoms with E-state index in [0.29, 0.717) is 11.8 Å². The number of hydrogen-bond acceptors (Lipinski definition) is 2. The molecule has 0 amide bonds. The molecule has 0 heterocycles. The van der Waals surface area contributed by atoms with Gasteiger partial charge in [-0.15, -0.1) is 0 Å². The van der Waals surface area contributed by atoms with Crippen molar-refractivity contribution < 1.29 is 5.11 Å². The number of hydrogen-bond donors (Lipinski definition) is 1. The molecular weight excluding hydrogens is 330 g/mol. The van der Waals surface area contributed by atoms with Crippen LogP contribution in [0.3, 0.4) is 0 Å². The SMILES string of the molecule is C[C@@H]1CC[C@@H](C(C)(C)N(Cc2ccccc2)[C@@H](C)c2ccccc2)[C@H](O)C1. The molecule has 0 radical (unpaired) electrons. The van der Waals surface area contributed by atoms with Crippen molar-refractivity contribution in [3.8, 4) is 0 Å². The van der Waals surface area contributed by atoms with Crippen molar-refractivity contribution >= 4 is 0 Å². The zero-order valence-electron chi connectivity index (χ0n) is 17.3. The molecule has 2 aromatic rings. The quantitative estimate of drug-likeness (QED) is 0.696. The fourth-order valence-corrected chi connectivity index (χ4v) is 4.92. The summed E-state index contributed by atoms with van der Waals surface area (Å²) in [5.74, 6) is 0.921. The first-order valence-electron chi connectivity index (χ1n) is 10.4. The minimum atomic E-state index is -0.218. The van der Waals surface area contributed by atoms with E-state index in [2.05, 4.69) is 93.3 Å². The Balaban J connectivity index is 1.92. The summed E-state index contributed by atoms with van der Waals surface area (Å²) in [6.45, 7) is 10.1. The van der Waals surface area contributed by atoms with Gasteiger partial charge in [-0.25, -0.2) is 0 Å². The summed E-state index contributed by atoms with van der Waals surface area (Å²) in [7, 11) is 0. The molecule has 2 aromatic carbocycles. The molecule has 1 aliphatic carbocycles. The summed E-state index contributed by atoms with van der Waals surface area (Å²) in [6.07, 6.45) is 3.02.